The van der Waals surface area contributed by atoms with Crippen LogP contribution in [0.15, 0.2) is 24.4 Å². The number of thiocarbonyl (C=S) groups is 1. The van der Waals surface area contributed by atoms with Crippen molar-refractivity contribution in [2.45, 2.75) is 19.9 Å². The molecule has 0 spiro atoms. The van der Waals surface area contributed by atoms with E-state index in [0.717, 1.165) is 18.7 Å². The van der Waals surface area contributed by atoms with Gasteiger partial charge in [0.05, 0.1) is 27.6 Å². The molecule has 0 aliphatic carbocycles. The van der Waals surface area contributed by atoms with Gasteiger partial charge in [-0.25, -0.2) is 0 Å². The lowest BCUT2D eigenvalue weighted by molar-refractivity contribution is 0.561. The Morgan fingerprint density at radius 3 is 2.73 bits per heavy atom. The highest BCUT2D eigenvalue weighted by Crippen LogP contribution is 2.25. The summed E-state index contributed by atoms with van der Waals surface area (Å²) in [5, 5.41) is 12.7. The van der Waals surface area contributed by atoms with Gasteiger partial charge in [0.15, 0.2) is 5.11 Å². The number of rotatable bonds is 5. The van der Waals surface area contributed by atoms with E-state index in [0.29, 0.717) is 32.4 Å². The van der Waals surface area contributed by atoms with Gasteiger partial charge in [0.25, 0.3) is 0 Å². The molecule has 1 aromatic heterocycles. The SMILES string of the molecule is Cc1c(Cl)cnn1CCCNC(=S)Nc1cc(Cl)ccc1Cl. The lowest BCUT2D eigenvalue weighted by Gasteiger charge is -2.12. The van der Waals surface area contributed by atoms with E-state index in [2.05, 4.69) is 15.7 Å². The molecular weight excluding hydrogens is 363 g/mol. The van der Waals surface area contributed by atoms with Crippen LogP contribution in [-0.4, -0.2) is 21.4 Å². The largest absolute Gasteiger partial charge is 0.362 e. The molecule has 0 radical (unpaired) electrons. The van der Waals surface area contributed by atoms with E-state index < -0.39 is 0 Å². The molecule has 0 fully saturated rings. The van der Waals surface area contributed by atoms with Gasteiger partial charge in [-0.3, -0.25) is 4.68 Å². The molecule has 0 saturated carbocycles. The van der Waals surface area contributed by atoms with E-state index in [4.69, 9.17) is 47.0 Å². The molecule has 1 aromatic carbocycles. The first-order valence-electron chi connectivity index (χ1n) is 6.65. The van der Waals surface area contributed by atoms with Crippen molar-refractivity contribution in [1.82, 2.24) is 15.1 Å². The Hall–Kier alpha value is -1.01. The highest BCUT2D eigenvalue weighted by Gasteiger charge is 2.05. The van der Waals surface area contributed by atoms with Crippen molar-refractivity contribution < 1.29 is 0 Å². The van der Waals surface area contributed by atoms with Crippen molar-refractivity contribution in [3.05, 3.63) is 45.2 Å². The van der Waals surface area contributed by atoms with Gasteiger partial charge in [0.1, 0.15) is 0 Å². The zero-order valence-electron chi connectivity index (χ0n) is 11.9. The summed E-state index contributed by atoms with van der Waals surface area (Å²) in [5.74, 6) is 0. The summed E-state index contributed by atoms with van der Waals surface area (Å²) >= 11 is 23.2. The number of aromatic nitrogens is 2. The van der Waals surface area contributed by atoms with Crippen molar-refractivity contribution >= 4 is 57.8 Å². The van der Waals surface area contributed by atoms with Crippen LogP contribution < -0.4 is 10.6 Å². The molecule has 0 atom stereocenters. The fourth-order valence-electron chi connectivity index (χ4n) is 1.84. The normalized spacial score (nSPS) is 10.5. The van der Waals surface area contributed by atoms with E-state index in [1.807, 2.05) is 11.6 Å². The average Bonchev–Trinajstić information content (AvgIpc) is 2.79. The van der Waals surface area contributed by atoms with Crippen LogP contribution in [0.3, 0.4) is 0 Å². The molecular formula is C14H15Cl3N4S. The molecule has 1 heterocycles. The minimum Gasteiger partial charge on any atom is -0.362 e. The van der Waals surface area contributed by atoms with Crippen LogP contribution in [0.1, 0.15) is 12.1 Å². The van der Waals surface area contributed by atoms with E-state index >= 15 is 0 Å². The number of hydrogen-bond donors (Lipinski definition) is 2. The number of hydrogen-bond acceptors (Lipinski definition) is 2. The Morgan fingerprint density at radius 1 is 1.27 bits per heavy atom. The van der Waals surface area contributed by atoms with Crippen LogP contribution in [-0.2, 0) is 6.54 Å². The molecule has 118 valence electrons. The van der Waals surface area contributed by atoms with Crippen molar-refractivity contribution in [3.8, 4) is 0 Å². The Kier molecular flexibility index (Phi) is 6.32. The molecule has 22 heavy (non-hydrogen) atoms. The van der Waals surface area contributed by atoms with Crippen LogP contribution in [0.25, 0.3) is 0 Å². The highest BCUT2D eigenvalue weighted by molar-refractivity contribution is 7.80. The van der Waals surface area contributed by atoms with Gasteiger partial charge in [-0.2, -0.15) is 5.10 Å². The van der Waals surface area contributed by atoms with Crippen LogP contribution in [0.4, 0.5) is 5.69 Å². The van der Waals surface area contributed by atoms with E-state index in [1.165, 1.54) is 0 Å². The zero-order valence-corrected chi connectivity index (χ0v) is 15.0. The summed E-state index contributed by atoms with van der Waals surface area (Å²) in [6, 6.07) is 5.18. The second-order valence-corrected chi connectivity index (χ2v) is 6.32. The number of benzene rings is 1. The first-order chi connectivity index (χ1) is 10.5. The van der Waals surface area contributed by atoms with Crippen LogP contribution in [0, 0.1) is 6.92 Å². The maximum absolute atomic E-state index is 6.07. The van der Waals surface area contributed by atoms with Crippen molar-refractivity contribution in [3.63, 3.8) is 0 Å². The van der Waals surface area contributed by atoms with E-state index in [1.54, 1.807) is 24.4 Å². The highest BCUT2D eigenvalue weighted by atomic mass is 35.5. The molecule has 0 aliphatic heterocycles. The number of nitrogens with one attached hydrogen (secondary N) is 2. The quantitative estimate of drug-likeness (QED) is 0.593. The summed E-state index contributed by atoms with van der Waals surface area (Å²) in [7, 11) is 0. The van der Waals surface area contributed by atoms with Gasteiger partial charge in [0.2, 0.25) is 0 Å². The summed E-state index contributed by atoms with van der Waals surface area (Å²) in [6.07, 6.45) is 2.52. The Labute approximate surface area is 149 Å². The summed E-state index contributed by atoms with van der Waals surface area (Å²) < 4.78 is 1.87. The average molecular weight is 378 g/mol. The molecule has 2 rings (SSSR count). The smallest absolute Gasteiger partial charge is 0.170 e. The number of halogens is 3. The number of nitrogens with zero attached hydrogens (tertiary/aromatic N) is 2. The van der Waals surface area contributed by atoms with Crippen LogP contribution in [0.5, 0.6) is 0 Å². The molecule has 0 unspecified atom stereocenters. The van der Waals surface area contributed by atoms with Crippen molar-refractivity contribution in [2.75, 3.05) is 11.9 Å². The molecule has 0 aliphatic rings. The Balaban J connectivity index is 1.76. The van der Waals surface area contributed by atoms with Gasteiger partial charge < -0.3 is 10.6 Å². The van der Waals surface area contributed by atoms with Crippen LogP contribution >= 0.6 is 47.0 Å². The first-order valence-corrected chi connectivity index (χ1v) is 8.19. The molecule has 2 N–H and O–H groups in total. The van der Waals surface area contributed by atoms with Gasteiger partial charge in [-0.15, -0.1) is 0 Å². The van der Waals surface area contributed by atoms with E-state index in [9.17, 15) is 0 Å². The number of aryl methyl sites for hydroxylation is 1. The Bertz CT molecular complexity index is 672. The molecule has 4 nitrogen and oxygen atoms in total. The third kappa shape index (κ3) is 4.74. The molecule has 8 heteroatoms. The van der Waals surface area contributed by atoms with Gasteiger partial charge in [-0.1, -0.05) is 34.8 Å². The van der Waals surface area contributed by atoms with Crippen molar-refractivity contribution in [2.24, 2.45) is 0 Å². The van der Waals surface area contributed by atoms with E-state index in [-0.39, 0.29) is 0 Å². The zero-order chi connectivity index (χ0) is 16.1. The van der Waals surface area contributed by atoms with Gasteiger partial charge >= 0.3 is 0 Å². The fraction of sp³-hybridized carbons (Fsp3) is 0.286. The number of anilines is 1. The Morgan fingerprint density at radius 2 is 2.05 bits per heavy atom. The van der Waals surface area contributed by atoms with Gasteiger partial charge in [-0.05, 0) is 43.8 Å². The molecule has 0 bridgehead atoms. The summed E-state index contributed by atoms with van der Waals surface area (Å²) in [4.78, 5) is 0. The topological polar surface area (TPSA) is 41.9 Å². The molecule has 2 aromatic rings. The standard InChI is InChI=1S/C14H15Cl3N4S/c1-9-12(17)8-19-21(9)6-2-5-18-14(22)20-13-7-10(15)3-4-11(13)16/h3-4,7-8H,2,5-6H2,1H3,(H2,18,20,22). The lowest BCUT2D eigenvalue weighted by atomic mass is 10.3. The van der Waals surface area contributed by atoms with Crippen molar-refractivity contribution in [1.29, 1.82) is 0 Å². The maximum atomic E-state index is 6.07. The third-order valence-electron chi connectivity index (χ3n) is 3.05. The predicted molar refractivity (Wildman–Crippen MR) is 97.3 cm³/mol. The van der Waals surface area contributed by atoms with Gasteiger partial charge in [0, 0.05) is 18.1 Å². The minimum absolute atomic E-state index is 0.499. The maximum Gasteiger partial charge on any atom is 0.170 e. The predicted octanol–water partition coefficient (Wildman–Crippen LogP) is 4.53. The first kappa shape index (κ1) is 17.3. The second kappa shape index (κ2) is 8.02. The summed E-state index contributed by atoms with van der Waals surface area (Å²) in [6.45, 7) is 3.42. The minimum atomic E-state index is 0.499. The summed E-state index contributed by atoms with van der Waals surface area (Å²) in [5.41, 5.74) is 1.65. The molecule has 0 saturated heterocycles. The van der Waals surface area contributed by atoms with Crippen LogP contribution in [0.2, 0.25) is 15.1 Å². The lowest BCUT2D eigenvalue weighted by Crippen LogP contribution is -2.30. The monoisotopic (exact) mass is 376 g/mol. The fourth-order valence-corrected chi connectivity index (χ4v) is 2.53. The third-order valence-corrected chi connectivity index (χ3v) is 4.23. The molecule has 0 amide bonds. The second-order valence-electron chi connectivity index (χ2n) is 4.66.